The maximum atomic E-state index is 2.51. The van der Waals surface area contributed by atoms with Crippen molar-refractivity contribution in [2.75, 3.05) is 4.90 Å². The molecular formula is C64H46N2. The topological polar surface area (TPSA) is 8.17 Å². The fourth-order valence-corrected chi connectivity index (χ4v) is 11.9. The summed E-state index contributed by atoms with van der Waals surface area (Å²) >= 11 is 0. The van der Waals surface area contributed by atoms with Gasteiger partial charge >= 0.3 is 0 Å². The Bertz CT molecular complexity index is 3590. The quantitative estimate of drug-likeness (QED) is 0.155. The van der Waals surface area contributed by atoms with Gasteiger partial charge in [0.15, 0.2) is 0 Å². The van der Waals surface area contributed by atoms with E-state index in [4.69, 9.17) is 0 Å². The van der Waals surface area contributed by atoms with Crippen LogP contribution < -0.4 is 4.90 Å². The van der Waals surface area contributed by atoms with Crippen molar-refractivity contribution in [3.05, 3.63) is 276 Å². The molecule has 1 aromatic heterocycles. The molecule has 0 unspecified atom stereocenters. The second-order valence-corrected chi connectivity index (χ2v) is 18.4. The van der Waals surface area contributed by atoms with Crippen molar-refractivity contribution in [3.63, 3.8) is 0 Å². The maximum absolute atomic E-state index is 2.51. The van der Waals surface area contributed by atoms with E-state index < -0.39 is 5.41 Å². The highest BCUT2D eigenvalue weighted by molar-refractivity contribution is 6.09. The van der Waals surface area contributed by atoms with Gasteiger partial charge in [0.2, 0.25) is 0 Å². The molecule has 0 aliphatic heterocycles. The SMILES string of the molecule is CC1(C)c2ccccc2-c2c(-c3ccccc3N(c3cccc(-n4c5ccccc5c5ccccc54)c3)c3ccc4c(c3)-c3ccccc3C4(c3ccccc3)c3ccccc3)cccc21. The molecule has 0 atom stereocenters. The molecule has 0 radical (unpaired) electrons. The van der Waals surface area contributed by atoms with Crippen molar-refractivity contribution in [2.24, 2.45) is 0 Å². The largest absolute Gasteiger partial charge is 0.310 e. The van der Waals surface area contributed by atoms with Gasteiger partial charge in [0.05, 0.1) is 22.1 Å². The fraction of sp³-hybridized carbons (Fsp3) is 0.0625. The van der Waals surface area contributed by atoms with Gasteiger partial charge in [-0.25, -0.2) is 0 Å². The van der Waals surface area contributed by atoms with Crippen molar-refractivity contribution >= 4 is 38.9 Å². The first-order valence-electron chi connectivity index (χ1n) is 23.1. The number of benzene rings is 10. The third kappa shape index (κ3) is 5.42. The second-order valence-electron chi connectivity index (χ2n) is 18.4. The Labute approximate surface area is 386 Å². The molecule has 10 aromatic carbocycles. The number of hydrogen-bond donors (Lipinski definition) is 0. The Hall–Kier alpha value is -8.20. The zero-order valence-corrected chi connectivity index (χ0v) is 37.0. The van der Waals surface area contributed by atoms with Crippen LogP contribution in [0, 0.1) is 0 Å². The Kier molecular flexibility index (Phi) is 8.51. The van der Waals surface area contributed by atoms with Crippen LogP contribution in [0.2, 0.25) is 0 Å². The lowest BCUT2D eigenvalue weighted by Gasteiger charge is -2.34. The van der Waals surface area contributed by atoms with Crippen LogP contribution in [0.1, 0.15) is 47.2 Å². The summed E-state index contributed by atoms with van der Waals surface area (Å²) < 4.78 is 2.42. The minimum Gasteiger partial charge on any atom is -0.310 e. The molecule has 312 valence electrons. The average molecular weight is 843 g/mol. The summed E-state index contributed by atoms with van der Waals surface area (Å²) in [5.74, 6) is 0. The van der Waals surface area contributed by atoms with E-state index in [2.05, 4.69) is 266 Å². The highest BCUT2D eigenvalue weighted by atomic mass is 15.1. The lowest BCUT2D eigenvalue weighted by Crippen LogP contribution is -2.28. The lowest BCUT2D eigenvalue weighted by atomic mass is 9.68. The first kappa shape index (κ1) is 38.3. The summed E-state index contributed by atoms with van der Waals surface area (Å²) in [6, 6.07) is 90.1. The molecule has 13 rings (SSSR count). The highest BCUT2D eigenvalue weighted by Gasteiger charge is 2.46. The smallest absolute Gasteiger partial charge is 0.0713 e. The van der Waals surface area contributed by atoms with Gasteiger partial charge < -0.3 is 9.47 Å². The molecule has 0 saturated carbocycles. The predicted octanol–water partition coefficient (Wildman–Crippen LogP) is 16.6. The molecule has 2 aliphatic rings. The fourth-order valence-electron chi connectivity index (χ4n) is 11.9. The van der Waals surface area contributed by atoms with Crippen LogP contribution in [0.3, 0.4) is 0 Å². The third-order valence-electron chi connectivity index (χ3n) is 14.7. The van der Waals surface area contributed by atoms with Crippen LogP contribution in [-0.4, -0.2) is 4.57 Å². The highest BCUT2D eigenvalue weighted by Crippen LogP contribution is 2.58. The van der Waals surface area contributed by atoms with Gasteiger partial charge in [-0.15, -0.1) is 0 Å². The van der Waals surface area contributed by atoms with Gasteiger partial charge in [0, 0.05) is 38.8 Å². The molecule has 0 saturated heterocycles. The number of aromatic nitrogens is 1. The summed E-state index contributed by atoms with van der Waals surface area (Å²) in [6.07, 6.45) is 0. The maximum Gasteiger partial charge on any atom is 0.0713 e. The van der Waals surface area contributed by atoms with Crippen LogP contribution in [0.4, 0.5) is 17.1 Å². The molecule has 0 N–H and O–H groups in total. The Morgan fingerprint density at radius 1 is 0.348 bits per heavy atom. The summed E-state index contributed by atoms with van der Waals surface area (Å²) in [5, 5.41) is 2.50. The zero-order chi connectivity index (χ0) is 44.0. The van der Waals surface area contributed by atoms with Crippen molar-refractivity contribution < 1.29 is 0 Å². The van der Waals surface area contributed by atoms with E-state index in [1.54, 1.807) is 0 Å². The van der Waals surface area contributed by atoms with Gasteiger partial charge in [0.25, 0.3) is 0 Å². The standard InChI is InChI=1S/C64H46N2/c1-63(2)55-33-14-10-31-53(55)62-52(32-20-35-58(62)63)51-30-13-16-36-59(51)65(45-25-19-26-46(41-45)66-60-37-17-11-28-49(60)50-29-12-18-38-61(50)66)47-39-40-57-54(42-47)48-27-9-15-34-56(48)64(57,43-21-5-3-6-22-43)44-23-7-4-8-24-44/h3-42H,1-2H3. The molecule has 11 aromatic rings. The van der Waals surface area contributed by atoms with E-state index >= 15 is 0 Å². The Morgan fingerprint density at radius 3 is 1.58 bits per heavy atom. The van der Waals surface area contributed by atoms with Crippen LogP contribution in [-0.2, 0) is 10.8 Å². The summed E-state index contributed by atoms with van der Waals surface area (Å²) in [4.78, 5) is 2.51. The minimum atomic E-state index is -0.489. The molecule has 2 nitrogen and oxygen atoms in total. The molecule has 0 spiro atoms. The van der Waals surface area contributed by atoms with E-state index in [9.17, 15) is 0 Å². The van der Waals surface area contributed by atoms with Gasteiger partial charge in [-0.05, 0) is 110 Å². The second kappa shape index (κ2) is 14.7. The third-order valence-corrected chi connectivity index (χ3v) is 14.7. The van der Waals surface area contributed by atoms with E-state index in [1.807, 2.05) is 0 Å². The first-order chi connectivity index (χ1) is 32.5. The van der Waals surface area contributed by atoms with Crippen LogP contribution in [0.25, 0.3) is 60.9 Å². The van der Waals surface area contributed by atoms with Crippen molar-refractivity contribution in [2.45, 2.75) is 24.7 Å². The van der Waals surface area contributed by atoms with Crippen molar-refractivity contribution in [1.29, 1.82) is 0 Å². The Balaban J connectivity index is 1.08. The van der Waals surface area contributed by atoms with Gasteiger partial charge in [-0.3, -0.25) is 0 Å². The zero-order valence-electron chi connectivity index (χ0n) is 37.0. The van der Waals surface area contributed by atoms with Gasteiger partial charge in [0.1, 0.15) is 0 Å². The van der Waals surface area contributed by atoms with Crippen LogP contribution >= 0.6 is 0 Å². The van der Waals surface area contributed by atoms with Crippen LogP contribution in [0.15, 0.2) is 243 Å². The molecule has 0 amide bonds. The summed E-state index contributed by atoms with van der Waals surface area (Å²) in [5.41, 5.74) is 21.6. The number of anilines is 3. The summed E-state index contributed by atoms with van der Waals surface area (Å²) in [7, 11) is 0. The number of rotatable bonds is 7. The van der Waals surface area contributed by atoms with Gasteiger partial charge in [-0.1, -0.05) is 208 Å². The van der Waals surface area contributed by atoms with E-state index in [0.717, 1.165) is 22.7 Å². The monoisotopic (exact) mass is 842 g/mol. The van der Waals surface area contributed by atoms with E-state index in [0.29, 0.717) is 0 Å². The average Bonchev–Trinajstić information content (AvgIpc) is 3.96. The van der Waals surface area contributed by atoms with Crippen molar-refractivity contribution in [1.82, 2.24) is 4.57 Å². The number of fused-ring (bicyclic) bond motifs is 9. The van der Waals surface area contributed by atoms with E-state index in [1.165, 1.54) is 88.6 Å². The van der Waals surface area contributed by atoms with Gasteiger partial charge in [-0.2, -0.15) is 0 Å². The normalized spacial score (nSPS) is 13.8. The molecule has 2 heteroatoms. The minimum absolute atomic E-state index is 0.120. The lowest BCUT2D eigenvalue weighted by molar-refractivity contribution is 0.660. The van der Waals surface area contributed by atoms with Crippen LogP contribution in [0.5, 0.6) is 0 Å². The molecular weight excluding hydrogens is 797 g/mol. The number of para-hydroxylation sites is 3. The molecule has 2 aliphatic carbocycles. The molecule has 1 heterocycles. The predicted molar refractivity (Wildman–Crippen MR) is 276 cm³/mol. The first-order valence-corrected chi connectivity index (χ1v) is 23.1. The molecule has 0 bridgehead atoms. The Morgan fingerprint density at radius 2 is 0.864 bits per heavy atom. The van der Waals surface area contributed by atoms with E-state index in [-0.39, 0.29) is 5.41 Å². The van der Waals surface area contributed by atoms with Crippen molar-refractivity contribution in [3.8, 4) is 39.1 Å². The summed E-state index contributed by atoms with van der Waals surface area (Å²) in [6.45, 7) is 4.74. The molecule has 0 fully saturated rings. The molecule has 66 heavy (non-hydrogen) atoms. The number of nitrogens with zero attached hydrogens (tertiary/aromatic N) is 2. The number of hydrogen-bond acceptors (Lipinski definition) is 1.